The van der Waals surface area contributed by atoms with Crippen molar-refractivity contribution in [3.63, 3.8) is 0 Å². The van der Waals surface area contributed by atoms with Crippen molar-refractivity contribution < 1.29 is 4.79 Å². The molecular weight excluding hydrogens is 307 g/mol. The van der Waals surface area contributed by atoms with Crippen LogP contribution in [0.5, 0.6) is 0 Å². The molecule has 5 heteroatoms. The zero-order valence-electron chi connectivity index (χ0n) is 11.9. The number of hydrogen-bond donors (Lipinski definition) is 0. The summed E-state index contributed by atoms with van der Waals surface area (Å²) in [6, 6.07) is 7.87. The first-order valence-electron chi connectivity index (χ1n) is 6.78. The van der Waals surface area contributed by atoms with Gasteiger partial charge in [0.1, 0.15) is 0 Å². The number of anilines is 1. The molecule has 1 aliphatic rings. The molecule has 110 valence electrons. The molecule has 0 aromatic heterocycles. The lowest BCUT2D eigenvalue weighted by molar-refractivity contribution is -0.110. The van der Waals surface area contributed by atoms with Crippen LogP contribution in [0.15, 0.2) is 51.5 Å². The smallest absolute Gasteiger partial charge is 0.198 e. The molecular formula is C16H16Cl2N2O. The Morgan fingerprint density at radius 1 is 1.00 bits per heavy atom. The normalized spacial score (nSPS) is 16.8. The van der Waals surface area contributed by atoms with Gasteiger partial charge in [0.15, 0.2) is 5.78 Å². The highest BCUT2D eigenvalue weighted by molar-refractivity contribution is 6.54. The fourth-order valence-electron chi connectivity index (χ4n) is 2.07. The van der Waals surface area contributed by atoms with Gasteiger partial charge in [-0.3, -0.25) is 4.79 Å². The van der Waals surface area contributed by atoms with Gasteiger partial charge < -0.3 is 4.90 Å². The van der Waals surface area contributed by atoms with Crippen molar-refractivity contribution in [1.29, 1.82) is 0 Å². The van der Waals surface area contributed by atoms with Crippen LogP contribution in [0.3, 0.4) is 0 Å². The van der Waals surface area contributed by atoms with Crippen molar-refractivity contribution >= 4 is 46.1 Å². The first kappa shape index (κ1) is 15.8. The van der Waals surface area contributed by atoms with Crippen molar-refractivity contribution in [3.05, 3.63) is 46.5 Å². The molecule has 0 saturated heterocycles. The van der Waals surface area contributed by atoms with Gasteiger partial charge in [-0.05, 0) is 44.2 Å². The van der Waals surface area contributed by atoms with Crippen molar-refractivity contribution in [1.82, 2.24) is 0 Å². The van der Waals surface area contributed by atoms with Crippen LogP contribution in [0.25, 0.3) is 0 Å². The standard InChI is InChI=1S/C16H16Cl2N2O/c1-3-20(4-2)12-7-5-11(6-8-12)19-15-9-14(18)16(21)10-13(15)17/h5-10H,3-4H2,1-2H3/b19-15+. The number of carbonyl (C=O) groups excluding carboxylic acids is 1. The third-order valence-corrected chi connectivity index (χ3v) is 3.83. The van der Waals surface area contributed by atoms with Crippen molar-refractivity contribution in [2.24, 2.45) is 4.99 Å². The summed E-state index contributed by atoms with van der Waals surface area (Å²) >= 11 is 11.8. The Bertz CT molecular complexity index is 626. The molecule has 1 aromatic carbocycles. The molecule has 2 rings (SSSR count). The van der Waals surface area contributed by atoms with Gasteiger partial charge in [-0.2, -0.15) is 0 Å². The summed E-state index contributed by atoms with van der Waals surface area (Å²) in [5.41, 5.74) is 2.41. The maximum atomic E-state index is 11.4. The van der Waals surface area contributed by atoms with Crippen LogP contribution in [-0.4, -0.2) is 24.6 Å². The van der Waals surface area contributed by atoms with E-state index in [2.05, 4.69) is 23.7 Å². The highest BCUT2D eigenvalue weighted by Gasteiger charge is 2.15. The summed E-state index contributed by atoms with van der Waals surface area (Å²) in [6.07, 6.45) is 2.78. The lowest BCUT2D eigenvalue weighted by atomic mass is 10.1. The zero-order chi connectivity index (χ0) is 15.4. The molecule has 0 N–H and O–H groups in total. The number of halogens is 2. The fourth-order valence-corrected chi connectivity index (χ4v) is 2.42. The van der Waals surface area contributed by atoms with Gasteiger partial charge in [-0.25, -0.2) is 4.99 Å². The van der Waals surface area contributed by atoms with Crippen molar-refractivity contribution in [3.8, 4) is 0 Å². The summed E-state index contributed by atoms with van der Waals surface area (Å²) in [5, 5.41) is 0.426. The molecule has 0 unspecified atom stereocenters. The average Bonchev–Trinajstić information content (AvgIpc) is 2.48. The fraction of sp³-hybridized carbons (Fsp3) is 0.250. The third-order valence-electron chi connectivity index (χ3n) is 3.23. The number of hydrogen-bond acceptors (Lipinski definition) is 3. The Balaban J connectivity index is 2.26. The van der Waals surface area contributed by atoms with Gasteiger partial charge in [-0.15, -0.1) is 0 Å². The van der Waals surface area contributed by atoms with E-state index in [4.69, 9.17) is 23.2 Å². The summed E-state index contributed by atoms with van der Waals surface area (Å²) in [6.45, 7) is 6.15. The zero-order valence-corrected chi connectivity index (χ0v) is 13.4. The Morgan fingerprint density at radius 2 is 1.62 bits per heavy atom. The SMILES string of the molecule is CCN(CC)c1ccc(/N=C2\C=C(Cl)C(=O)C=C2Cl)cc1. The van der Waals surface area contributed by atoms with Gasteiger partial charge in [-0.1, -0.05) is 23.2 Å². The van der Waals surface area contributed by atoms with E-state index in [0.717, 1.165) is 24.5 Å². The third kappa shape index (κ3) is 3.74. The first-order valence-corrected chi connectivity index (χ1v) is 7.53. The largest absolute Gasteiger partial charge is 0.372 e. The number of ketones is 1. The highest BCUT2D eigenvalue weighted by atomic mass is 35.5. The van der Waals surface area contributed by atoms with Crippen LogP contribution in [0.1, 0.15) is 13.8 Å². The maximum absolute atomic E-state index is 11.4. The van der Waals surface area contributed by atoms with Crippen LogP contribution in [0.4, 0.5) is 11.4 Å². The molecule has 0 atom stereocenters. The minimum absolute atomic E-state index is 0.123. The predicted octanol–water partition coefficient (Wildman–Crippen LogP) is 4.43. The summed E-state index contributed by atoms with van der Waals surface area (Å²) < 4.78 is 0. The predicted molar refractivity (Wildman–Crippen MR) is 90.0 cm³/mol. The number of nitrogens with zero attached hydrogens (tertiary/aromatic N) is 2. The van der Waals surface area contributed by atoms with E-state index in [0.29, 0.717) is 10.7 Å². The second-order valence-corrected chi connectivity index (χ2v) is 5.35. The van der Waals surface area contributed by atoms with Crippen LogP contribution in [0, 0.1) is 0 Å². The van der Waals surface area contributed by atoms with Crippen molar-refractivity contribution in [2.45, 2.75) is 13.8 Å². The Labute approximate surface area is 134 Å². The van der Waals surface area contributed by atoms with E-state index in [1.807, 2.05) is 24.3 Å². The van der Waals surface area contributed by atoms with Gasteiger partial charge >= 0.3 is 0 Å². The molecule has 0 saturated carbocycles. The minimum Gasteiger partial charge on any atom is -0.372 e. The molecule has 3 nitrogen and oxygen atoms in total. The van der Waals surface area contributed by atoms with Gasteiger partial charge in [0.25, 0.3) is 0 Å². The summed E-state index contributed by atoms with van der Waals surface area (Å²) in [5.74, 6) is -0.294. The molecule has 1 aliphatic carbocycles. The molecule has 1 aromatic rings. The number of aliphatic imine (C=N–C) groups is 1. The molecule has 0 bridgehead atoms. The molecule has 0 aliphatic heterocycles. The lowest BCUT2D eigenvalue weighted by Gasteiger charge is -2.20. The maximum Gasteiger partial charge on any atom is 0.198 e. The molecule has 21 heavy (non-hydrogen) atoms. The van der Waals surface area contributed by atoms with E-state index in [1.54, 1.807) is 0 Å². The van der Waals surface area contributed by atoms with E-state index in [9.17, 15) is 4.79 Å². The topological polar surface area (TPSA) is 32.7 Å². The van der Waals surface area contributed by atoms with Gasteiger partial charge in [0, 0.05) is 24.9 Å². The number of allylic oxidation sites excluding steroid dienone is 4. The minimum atomic E-state index is -0.294. The summed E-state index contributed by atoms with van der Waals surface area (Å²) in [4.78, 5) is 18.0. The molecule has 0 spiro atoms. The number of carbonyl (C=O) groups is 1. The highest BCUT2D eigenvalue weighted by Crippen LogP contribution is 2.24. The van der Waals surface area contributed by atoms with Gasteiger partial charge in [0.05, 0.1) is 21.5 Å². The molecule has 0 radical (unpaired) electrons. The Hall–Kier alpha value is -1.58. The van der Waals surface area contributed by atoms with Crippen LogP contribution in [-0.2, 0) is 4.79 Å². The quantitative estimate of drug-likeness (QED) is 0.768. The van der Waals surface area contributed by atoms with E-state index in [-0.39, 0.29) is 10.8 Å². The second-order valence-electron chi connectivity index (χ2n) is 4.53. The monoisotopic (exact) mass is 322 g/mol. The van der Waals surface area contributed by atoms with E-state index in [1.165, 1.54) is 12.2 Å². The second kappa shape index (κ2) is 6.92. The molecule has 0 heterocycles. The van der Waals surface area contributed by atoms with Crippen LogP contribution < -0.4 is 4.90 Å². The van der Waals surface area contributed by atoms with Gasteiger partial charge in [0.2, 0.25) is 0 Å². The van der Waals surface area contributed by atoms with Crippen molar-refractivity contribution in [2.75, 3.05) is 18.0 Å². The first-order chi connectivity index (χ1) is 10.0. The van der Waals surface area contributed by atoms with Crippen LogP contribution >= 0.6 is 23.2 Å². The Kier molecular flexibility index (Phi) is 5.21. The van der Waals surface area contributed by atoms with E-state index >= 15 is 0 Å². The van der Waals surface area contributed by atoms with E-state index < -0.39 is 0 Å². The number of rotatable bonds is 4. The summed E-state index contributed by atoms with van der Waals surface area (Å²) in [7, 11) is 0. The Morgan fingerprint density at radius 3 is 2.19 bits per heavy atom. The molecule has 0 amide bonds. The van der Waals surface area contributed by atoms with Crippen LogP contribution in [0.2, 0.25) is 0 Å². The average molecular weight is 323 g/mol. The number of benzene rings is 1. The lowest BCUT2D eigenvalue weighted by Crippen LogP contribution is -2.21. The molecule has 0 fully saturated rings.